The van der Waals surface area contributed by atoms with Crippen molar-refractivity contribution in [2.45, 2.75) is 25.9 Å². The number of nitro groups is 1. The summed E-state index contributed by atoms with van der Waals surface area (Å²) in [4.78, 5) is 12.6. The fourth-order valence-corrected chi connectivity index (χ4v) is 2.53. The van der Waals surface area contributed by atoms with E-state index < -0.39 is 4.92 Å². The third kappa shape index (κ3) is 3.23. The van der Waals surface area contributed by atoms with E-state index in [9.17, 15) is 10.1 Å². The van der Waals surface area contributed by atoms with E-state index in [1.54, 1.807) is 6.07 Å². The van der Waals surface area contributed by atoms with Crippen molar-refractivity contribution < 1.29 is 4.92 Å². The molecule has 1 aliphatic rings. The maximum atomic E-state index is 10.7. The normalized spacial score (nSPS) is 19.3. The molecule has 0 unspecified atom stereocenters. The number of hydrogen-bond donors (Lipinski definition) is 1. The highest BCUT2D eigenvalue weighted by Gasteiger charge is 2.29. The molecule has 1 saturated heterocycles. The Balaban J connectivity index is 2.17. The number of non-ortho nitro benzene ring substituents is 1. The topological polar surface area (TPSA) is 58.4 Å². The van der Waals surface area contributed by atoms with E-state index in [4.69, 9.17) is 11.6 Å². The van der Waals surface area contributed by atoms with Crippen LogP contribution in [-0.2, 0) is 6.54 Å². The molecule has 0 radical (unpaired) electrons. The molecule has 5 nitrogen and oxygen atoms in total. The lowest BCUT2D eigenvalue weighted by molar-refractivity contribution is -0.384. The lowest BCUT2D eigenvalue weighted by Crippen LogP contribution is -2.57. The van der Waals surface area contributed by atoms with Crippen molar-refractivity contribution in [2.24, 2.45) is 0 Å². The van der Waals surface area contributed by atoms with Crippen LogP contribution in [-0.4, -0.2) is 35.0 Å². The SMILES string of the molecule is CC1(C)CNCCN1Cc1ccc([N+](=O)[O-])cc1Cl. The maximum Gasteiger partial charge on any atom is 0.270 e. The number of nitro benzene ring substituents is 1. The number of benzene rings is 1. The Morgan fingerprint density at radius 3 is 2.84 bits per heavy atom. The van der Waals surface area contributed by atoms with E-state index in [0.717, 1.165) is 25.2 Å². The summed E-state index contributed by atoms with van der Waals surface area (Å²) in [7, 11) is 0. The van der Waals surface area contributed by atoms with Gasteiger partial charge in [0, 0.05) is 43.9 Å². The summed E-state index contributed by atoms with van der Waals surface area (Å²) in [5, 5.41) is 14.5. The van der Waals surface area contributed by atoms with Gasteiger partial charge in [-0.3, -0.25) is 15.0 Å². The third-order valence-corrected chi connectivity index (χ3v) is 3.93. The zero-order valence-corrected chi connectivity index (χ0v) is 11.9. The summed E-state index contributed by atoms with van der Waals surface area (Å²) in [6.07, 6.45) is 0. The van der Waals surface area contributed by atoms with Gasteiger partial charge in [-0.05, 0) is 25.5 Å². The van der Waals surface area contributed by atoms with Crippen LogP contribution in [0.2, 0.25) is 5.02 Å². The number of nitrogens with one attached hydrogen (secondary N) is 1. The fraction of sp³-hybridized carbons (Fsp3) is 0.538. The summed E-state index contributed by atoms with van der Waals surface area (Å²) in [5.74, 6) is 0. The molecule has 1 heterocycles. The molecule has 6 heteroatoms. The molecule has 0 saturated carbocycles. The molecule has 0 atom stereocenters. The van der Waals surface area contributed by atoms with Gasteiger partial charge in [-0.15, -0.1) is 0 Å². The maximum absolute atomic E-state index is 10.7. The minimum absolute atomic E-state index is 0.0355. The first kappa shape index (κ1) is 14.2. The van der Waals surface area contributed by atoms with Gasteiger partial charge in [0.1, 0.15) is 0 Å². The first-order chi connectivity index (χ1) is 8.90. The molecule has 1 aromatic carbocycles. The minimum Gasteiger partial charge on any atom is -0.314 e. The van der Waals surface area contributed by atoms with Crippen LogP contribution in [0, 0.1) is 10.1 Å². The van der Waals surface area contributed by atoms with Gasteiger partial charge in [0.15, 0.2) is 0 Å². The smallest absolute Gasteiger partial charge is 0.270 e. The van der Waals surface area contributed by atoms with Crippen LogP contribution >= 0.6 is 11.6 Å². The monoisotopic (exact) mass is 283 g/mol. The average molecular weight is 284 g/mol. The molecular formula is C13H18ClN3O2. The first-order valence-corrected chi connectivity index (χ1v) is 6.66. The Hall–Kier alpha value is -1.17. The summed E-state index contributed by atoms with van der Waals surface area (Å²) in [6, 6.07) is 4.68. The third-order valence-electron chi connectivity index (χ3n) is 3.58. The van der Waals surface area contributed by atoms with Crippen molar-refractivity contribution in [2.75, 3.05) is 19.6 Å². The molecule has 0 spiro atoms. The van der Waals surface area contributed by atoms with E-state index in [2.05, 4.69) is 24.1 Å². The summed E-state index contributed by atoms with van der Waals surface area (Å²) in [5.41, 5.74) is 1.03. The van der Waals surface area contributed by atoms with Crippen LogP contribution in [0.3, 0.4) is 0 Å². The molecule has 104 valence electrons. The molecule has 0 amide bonds. The Labute approximate surface area is 117 Å². The summed E-state index contributed by atoms with van der Waals surface area (Å²) >= 11 is 6.14. The van der Waals surface area contributed by atoms with Crippen LogP contribution in [0.4, 0.5) is 5.69 Å². The van der Waals surface area contributed by atoms with Crippen molar-refractivity contribution >= 4 is 17.3 Å². The van der Waals surface area contributed by atoms with Gasteiger partial charge in [0.05, 0.1) is 9.95 Å². The molecule has 0 bridgehead atoms. The zero-order valence-electron chi connectivity index (χ0n) is 11.1. The quantitative estimate of drug-likeness (QED) is 0.684. The van der Waals surface area contributed by atoms with Crippen LogP contribution in [0.5, 0.6) is 0 Å². The predicted octanol–water partition coefficient (Wildman–Crippen LogP) is 2.43. The Morgan fingerprint density at radius 2 is 2.26 bits per heavy atom. The molecule has 0 aromatic heterocycles. The van der Waals surface area contributed by atoms with Crippen molar-refractivity contribution in [3.63, 3.8) is 0 Å². The molecule has 19 heavy (non-hydrogen) atoms. The number of halogens is 1. The van der Waals surface area contributed by atoms with E-state index >= 15 is 0 Å². The Kier molecular flexibility index (Phi) is 4.08. The molecule has 1 fully saturated rings. The summed E-state index contributed by atoms with van der Waals surface area (Å²) < 4.78 is 0. The van der Waals surface area contributed by atoms with Crippen molar-refractivity contribution in [1.29, 1.82) is 0 Å². The largest absolute Gasteiger partial charge is 0.314 e. The van der Waals surface area contributed by atoms with E-state index in [1.807, 2.05) is 0 Å². The molecule has 2 rings (SSSR count). The van der Waals surface area contributed by atoms with Crippen molar-refractivity contribution in [1.82, 2.24) is 10.2 Å². The average Bonchev–Trinajstić information content (AvgIpc) is 2.33. The lowest BCUT2D eigenvalue weighted by atomic mass is 9.99. The van der Waals surface area contributed by atoms with Gasteiger partial charge in [-0.2, -0.15) is 0 Å². The van der Waals surface area contributed by atoms with Gasteiger partial charge in [-0.1, -0.05) is 11.6 Å². The number of piperazine rings is 1. The van der Waals surface area contributed by atoms with E-state index in [1.165, 1.54) is 12.1 Å². The van der Waals surface area contributed by atoms with E-state index in [-0.39, 0.29) is 11.2 Å². The second kappa shape index (κ2) is 5.45. The van der Waals surface area contributed by atoms with Gasteiger partial charge < -0.3 is 5.32 Å². The second-order valence-corrected chi connectivity index (χ2v) is 5.85. The highest BCUT2D eigenvalue weighted by atomic mass is 35.5. The minimum atomic E-state index is -0.426. The van der Waals surface area contributed by atoms with Gasteiger partial charge in [0.25, 0.3) is 5.69 Å². The molecule has 1 aliphatic heterocycles. The highest BCUT2D eigenvalue weighted by molar-refractivity contribution is 6.31. The van der Waals surface area contributed by atoms with E-state index in [0.29, 0.717) is 11.6 Å². The number of rotatable bonds is 3. The van der Waals surface area contributed by atoms with Crippen LogP contribution < -0.4 is 5.32 Å². The Morgan fingerprint density at radius 1 is 1.53 bits per heavy atom. The molecule has 0 aliphatic carbocycles. The first-order valence-electron chi connectivity index (χ1n) is 6.29. The molecular weight excluding hydrogens is 266 g/mol. The number of hydrogen-bond acceptors (Lipinski definition) is 4. The zero-order chi connectivity index (χ0) is 14.0. The molecule has 1 N–H and O–H groups in total. The van der Waals surface area contributed by atoms with Crippen molar-refractivity contribution in [3.8, 4) is 0 Å². The summed E-state index contributed by atoms with van der Waals surface area (Å²) in [6.45, 7) is 7.90. The van der Waals surface area contributed by atoms with Crippen LogP contribution in [0.15, 0.2) is 18.2 Å². The van der Waals surface area contributed by atoms with Gasteiger partial charge in [-0.25, -0.2) is 0 Å². The van der Waals surface area contributed by atoms with Crippen molar-refractivity contribution in [3.05, 3.63) is 38.9 Å². The van der Waals surface area contributed by atoms with Gasteiger partial charge >= 0.3 is 0 Å². The number of nitrogens with zero attached hydrogens (tertiary/aromatic N) is 2. The second-order valence-electron chi connectivity index (χ2n) is 5.44. The highest BCUT2D eigenvalue weighted by Crippen LogP contribution is 2.26. The van der Waals surface area contributed by atoms with Crippen LogP contribution in [0.25, 0.3) is 0 Å². The van der Waals surface area contributed by atoms with Gasteiger partial charge in [0.2, 0.25) is 0 Å². The Bertz CT molecular complexity index is 491. The fourth-order valence-electron chi connectivity index (χ4n) is 2.30. The standard InChI is InChI=1S/C13H18ClN3O2/c1-13(2)9-15-5-6-16(13)8-10-3-4-11(17(18)19)7-12(10)14/h3-4,7,15H,5-6,8-9H2,1-2H3. The molecule has 1 aromatic rings. The lowest BCUT2D eigenvalue weighted by Gasteiger charge is -2.43. The predicted molar refractivity (Wildman–Crippen MR) is 75.5 cm³/mol. The van der Waals surface area contributed by atoms with Crippen LogP contribution in [0.1, 0.15) is 19.4 Å².